The Kier molecular flexibility index (Phi) is 4.40. The molecule has 0 atom stereocenters. The second-order valence-corrected chi connectivity index (χ2v) is 9.67. The van der Waals surface area contributed by atoms with Crippen LogP contribution in [-0.4, -0.2) is 25.5 Å². The number of imidazole rings is 1. The highest BCUT2D eigenvalue weighted by Gasteiger charge is 2.16. The number of amides is 1. The van der Waals surface area contributed by atoms with Crippen LogP contribution in [0.1, 0.15) is 15.2 Å². The van der Waals surface area contributed by atoms with Gasteiger partial charge in [0.15, 0.2) is 9.30 Å². The maximum absolute atomic E-state index is 12.5. The molecule has 0 radical (unpaired) electrons. The van der Waals surface area contributed by atoms with Crippen molar-refractivity contribution in [3.05, 3.63) is 58.4 Å². The lowest BCUT2D eigenvalue weighted by molar-refractivity contribution is 0.103. The molecule has 1 aromatic carbocycles. The predicted octanol–water partition coefficient (Wildman–Crippen LogP) is 5.01. The van der Waals surface area contributed by atoms with Crippen molar-refractivity contribution < 1.29 is 4.79 Å². The van der Waals surface area contributed by atoms with Gasteiger partial charge < -0.3 is 0 Å². The van der Waals surface area contributed by atoms with Gasteiger partial charge >= 0.3 is 0 Å². The van der Waals surface area contributed by atoms with Gasteiger partial charge in [-0.25, -0.2) is 4.98 Å². The van der Waals surface area contributed by atoms with E-state index in [4.69, 9.17) is 0 Å². The smallest absolute Gasteiger partial charge is 0.267 e. The Bertz CT molecular complexity index is 1240. The summed E-state index contributed by atoms with van der Waals surface area (Å²) in [4.78, 5) is 19.5. The Labute approximate surface area is 169 Å². The third kappa shape index (κ3) is 3.36. The molecule has 0 spiro atoms. The lowest BCUT2D eigenvalue weighted by atomic mass is 10.2. The Morgan fingerprint density at radius 3 is 2.96 bits per heavy atom. The summed E-state index contributed by atoms with van der Waals surface area (Å²) in [6.45, 7) is 0. The van der Waals surface area contributed by atoms with Crippen LogP contribution in [0.2, 0.25) is 0 Å². The van der Waals surface area contributed by atoms with Crippen molar-refractivity contribution in [2.24, 2.45) is 0 Å². The average molecular weight is 430 g/mol. The van der Waals surface area contributed by atoms with E-state index in [1.165, 1.54) is 28.2 Å². The number of anilines is 1. The van der Waals surface area contributed by atoms with Crippen LogP contribution in [0.5, 0.6) is 0 Å². The van der Waals surface area contributed by atoms with Gasteiger partial charge in [-0.3, -0.25) is 14.5 Å². The number of fused-ring (bicyclic) bond motifs is 3. The van der Waals surface area contributed by atoms with Crippen LogP contribution in [0.15, 0.2) is 52.3 Å². The van der Waals surface area contributed by atoms with Crippen LogP contribution < -0.4 is 5.32 Å². The third-order valence-corrected chi connectivity index (χ3v) is 7.61. The molecule has 0 aliphatic rings. The topological polar surface area (TPSA) is 72.2 Å². The quantitative estimate of drug-likeness (QED) is 0.314. The standard InChI is InChI=1S/C17H11N5OS4/c23-13(12-8-11-14(26-12)19-16-22(11)6-7-24-16)18-15-20-21-17(27-15)25-9-10-4-2-1-3-5-10/h1-8H,9H2,(H,18,20,23). The number of benzene rings is 1. The van der Waals surface area contributed by atoms with Crippen molar-refractivity contribution in [1.82, 2.24) is 19.6 Å². The maximum atomic E-state index is 12.5. The van der Waals surface area contributed by atoms with Crippen LogP contribution in [0.3, 0.4) is 0 Å². The van der Waals surface area contributed by atoms with E-state index in [9.17, 15) is 4.79 Å². The minimum absolute atomic E-state index is 0.183. The minimum Gasteiger partial charge on any atom is -0.296 e. The van der Waals surface area contributed by atoms with Crippen LogP contribution in [0.25, 0.3) is 15.3 Å². The Morgan fingerprint density at radius 1 is 1.19 bits per heavy atom. The largest absolute Gasteiger partial charge is 0.296 e. The van der Waals surface area contributed by atoms with E-state index >= 15 is 0 Å². The van der Waals surface area contributed by atoms with Crippen LogP contribution in [0.4, 0.5) is 5.13 Å². The van der Waals surface area contributed by atoms with Crippen molar-refractivity contribution in [3.63, 3.8) is 0 Å². The number of carbonyl (C=O) groups is 1. The van der Waals surface area contributed by atoms with Crippen molar-refractivity contribution in [2.75, 3.05) is 5.32 Å². The fourth-order valence-corrected chi connectivity index (χ4v) is 5.95. The maximum Gasteiger partial charge on any atom is 0.267 e. The van der Waals surface area contributed by atoms with Crippen molar-refractivity contribution in [3.8, 4) is 0 Å². The zero-order valence-corrected chi connectivity index (χ0v) is 16.9. The number of thioether (sulfide) groups is 1. The molecule has 0 aliphatic carbocycles. The number of nitrogens with one attached hydrogen (secondary N) is 1. The predicted molar refractivity (Wildman–Crippen MR) is 112 cm³/mol. The summed E-state index contributed by atoms with van der Waals surface area (Å²) >= 11 is 5.95. The summed E-state index contributed by atoms with van der Waals surface area (Å²) in [6, 6.07) is 12.1. The summed E-state index contributed by atoms with van der Waals surface area (Å²) in [6.07, 6.45) is 1.96. The van der Waals surface area contributed by atoms with E-state index in [1.807, 2.05) is 40.2 Å². The molecule has 4 aromatic heterocycles. The normalized spacial score (nSPS) is 11.4. The Morgan fingerprint density at radius 2 is 2.07 bits per heavy atom. The Hall–Kier alpha value is -2.27. The molecular formula is C17H11N5OS4. The Balaban J connectivity index is 1.28. The van der Waals surface area contributed by atoms with Gasteiger partial charge in [-0.15, -0.1) is 32.9 Å². The molecule has 0 saturated carbocycles. The van der Waals surface area contributed by atoms with E-state index in [0.29, 0.717) is 10.0 Å². The number of hydrogen-bond acceptors (Lipinski definition) is 8. The fraction of sp³-hybridized carbons (Fsp3) is 0.0588. The number of aromatic nitrogens is 4. The molecule has 4 heterocycles. The number of thiazole rings is 1. The summed E-state index contributed by atoms with van der Waals surface area (Å²) in [5.74, 6) is 0.640. The first-order chi connectivity index (χ1) is 13.3. The molecular weight excluding hydrogens is 418 g/mol. The van der Waals surface area contributed by atoms with Crippen molar-refractivity contribution in [1.29, 1.82) is 0 Å². The second kappa shape index (κ2) is 7.04. The molecule has 0 aliphatic heterocycles. The van der Waals surface area contributed by atoms with Crippen molar-refractivity contribution in [2.45, 2.75) is 10.1 Å². The number of thiophene rings is 1. The van der Waals surface area contributed by atoms with Crippen LogP contribution >= 0.6 is 45.8 Å². The van der Waals surface area contributed by atoms with Gasteiger partial charge in [0.05, 0.1) is 10.4 Å². The first-order valence-electron chi connectivity index (χ1n) is 7.93. The van der Waals surface area contributed by atoms with Crippen molar-refractivity contribution >= 4 is 72.1 Å². The van der Waals surface area contributed by atoms with Gasteiger partial charge in [-0.2, -0.15) is 0 Å². The average Bonchev–Trinajstić information content (AvgIpc) is 3.42. The second-order valence-electron chi connectivity index (χ2n) is 5.57. The molecule has 27 heavy (non-hydrogen) atoms. The number of nitrogens with zero attached hydrogens (tertiary/aromatic N) is 4. The molecule has 10 heteroatoms. The lowest BCUT2D eigenvalue weighted by Crippen LogP contribution is -2.09. The summed E-state index contributed by atoms with van der Waals surface area (Å²) in [5, 5.41) is 13.6. The van der Waals surface area contributed by atoms with Gasteiger partial charge in [0.1, 0.15) is 4.83 Å². The zero-order valence-electron chi connectivity index (χ0n) is 13.7. The molecule has 134 valence electrons. The third-order valence-electron chi connectivity index (χ3n) is 3.80. The molecule has 0 unspecified atom stereocenters. The first kappa shape index (κ1) is 16.9. The number of hydrogen-bond donors (Lipinski definition) is 1. The highest BCUT2D eigenvalue weighted by Crippen LogP contribution is 2.31. The van der Waals surface area contributed by atoms with E-state index in [0.717, 1.165) is 25.4 Å². The summed E-state index contributed by atoms with van der Waals surface area (Å²) in [7, 11) is 0. The first-order valence-corrected chi connectivity index (χ1v) is 11.4. The van der Waals surface area contributed by atoms with E-state index in [-0.39, 0.29) is 5.91 Å². The SMILES string of the molecule is O=C(Nc1nnc(SCc2ccccc2)s1)c1cc2c(nc3sccn32)s1. The van der Waals surface area contributed by atoms with E-state index < -0.39 is 0 Å². The molecule has 5 aromatic rings. The molecule has 0 fully saturated rings. The van der Waals surface area contributed by atoms with Gasteiger partial charge in [0, 0.05) is 17.3 Å². The van der Waals surface area contributed by atoms with E-state index in [2.05, 4.69) is 32.6 Å². The van der Waals surface area contributed by atoms with Gasteiger partial charge in [-0.05, 0) is 11.6 Å². The van der Waals surface area contributed by atoms with E-state index in [1.54, 1.807) is 23.1 Å². The molecule has 1 N–H and O–H groups in total. The monoisotopic (exact) mass is 429 g/mol. The molecule has 0 bridgehead atoms. The highest BCUT2D eigenvalue weighted by atomic mass is 32.2. The molecule has 5 rings (SSSR count). The minimum atomic E-state index is -0.183. The fourth-order valence-electron chi connectivity index (χ4n) is 2.56. The van der Waals surface area contributed by atoms with Crippen LogP contribution in [0, 0.1) is 0 Å². The molecule has 6 nitrogen and oxygen atoms in total. The van der Waals surface area contributed by atoms with Gasteiger partial charge in [-0.1, -0.05) is 53.4 Å². The van der Waals surface area contributed by atoms with Crippen LogP contribution in [-0.2, 0) is 5.75 Å². The molecule has 0 saturated heterocycles. The summed E-state index contributed by atoms with van der Waals surface area (Å²) < 4.78 is 2.83. The van der Waals surface area contributed by atoms with Gasteiger partial charge in [0.25, 0.3) is 5.91 Å². The number of rotatable bonds is 5. The van der Waals surface area contributed by atoms with Gasteiger partial charge in [0.2, 0.25) is 5.13 Å². The summed E-state index contributed by atoms with van der Waals surface area (Å²) in [5.41, 5.74) is 2.18. The lowest BCUT2D eigenvalue weighted by Gasteiger charge is -1.97. The number of carbonyl (C=O) groups excluding carboxylic acids is 1. The molecule has 1 amide bonds. The highest BCUT2D eigenvalue weighted by molar-refractivity contribution is 8.00. The zero-order chi connectivity index (χ0) is 18.2.